The van der Waals surface area contributed by atoms with Crippen LogP contribution in [0.25, 0.3) is 0 Å². The van der Waals surface area contributed by atoms with Gasteiger partial charge >= 0.3 is 24.3 Å². The molecular weight excluding hydrogens is 1230 g/mol. The molecule has 0 aliphatic rings. The van der Waals surface area contributed by atoms with Gasteiger partial charge in [0.25, 0.3) is 0 Å². The number of aliphatic carboxylic acids is 1. The number of alkyl halides is 6. The number of unbranched alkanes of at least 4 members (excludes halogenated alkanes) is 4. The van der Waals surface area contributed by atoms with Gasteiger partial charge in [0.15, 0.2) is 0 Å². The normalized spacial score (nSPS) is 12.4. The Kier molecular flexibility index (Phi) is 30.6. The second-order valence-corrected chi connectivity index (χ2v) is 23.5. The first-order valence-corrected chi connectivity index (χ1v) is 30.8. The average Bonchev–Trinajstić information content (AvgIpc) is 3.69. The molecule has 0 heterocycles. The number of likely N-dealkylation sites (N-methyl/N-ethyl adjacent to an activating group) is 2. The molecule has 2 unspecified atom stereocenters. The Morgan fingerprint density at radius 2 is 0.784 bits per heavy atom. The Hall–Kier alpha value is -6.14. The number of benzene rings is 6. The van der Waals surface area contributed by atoms with Gasteiger partial charge in [-0.3, -0.25) is 19.2 Å². The molecule has 0 aliphatic heterocycles. The summed E-state index contributed by atoms with van der Waals surface area (Å²) in [5.74, 6) is -5.77. The van der Waals surface area contributed by atoms with Gasteiger partial charge in [0.1, 0.15) is 24.7 Å². The van der Waals surface area contributed by atoms with Gasteiger partial charge in [-0.15, -0.1) is 0 Å². The van der Waals surface area contributed by atoms with Crippen molar-refractivity contribution in [3.05, 3.63) is 199 Å². The summed E-state index contributed by atoms with van der Waals surface area (Å²) in [6, 6.07) is 44.7. The number of hydrogen-bond donors (Lipinski definition) is 1. The number of Topliss-reactive ketones (excluding diaryl/α,β-unsaturated/α-hetero) is 2. The highest BCUT2D eigenvalue weighted by Crippen LogP contribution is 2.33. The molecule has 0 spiro atoms. The average molecular weight is 1310 g/mol. The van der Waals surface area contributed by atoms with Crippen LogP contribution in [-0.2, 0) is 36.8 Å². The van der Waals surface area contributed by atoms with E-state index in [1.165, 1.54) is 0 Å². The molecule has 20 heteroatoms. The monoisotopic (exact) mass is 1300 g/mol. The molecule has 0 radical (unpaired) electrons. The van der Waals surface area contributed by atoms with Crippen LogP contribution >= 0.6 is 46.4 Å². The number of carboxylic acid groups (broad SMARTS) is 1. The number of carbonyl (C=O) groups is 4. The summed E-state index contributed by atoms with van der Waals surface area (Å²) in [6.07, 6.45) is -6.91. The highest BCUT2D eigenvalue weighted by atomic mass is 35.5. The van der Waals surface area contributed by atoms with Gasteiger partial charge in [-0.1, -0.05) is 145 Å². The summed E-state index contributed by atoms with van der Waals surface area (Å²) in [5.41, 5.74) is 5.73. The van der Waals surface area contributed by atoms with Crippen LogP contribution in [-0.4, -0.2) is 111 Å². The molecule has 0 aliphatic carbocycles. The summed E-state index contributed by atoms with van der Waals surface area (Å²) >= 11 is 24.4. The zero-order chi connectivity index (χ0) is 64.2. The molecule has 0 saturated heterocycles. The molecule has 476 valence electrons. The maximum atomic E-state index is 13.3. The molecule has 0 bridgehead atoms. The Balaban J connectivity index is 0.000000321. The van der Waals surface area contributed by atoms with Crippen molar-refractivity contribution in [3.8, 4) is 11.5 Å². The number of carbonyl (C=O) groups excluding carboxylic acids is 3. The van der Waals surface area contributed by atoms with Crippen molar-refractivity contribution in [1.82, 2.24) is 9.80 Å². The van der Waals surface area contributed by atoms with Crippen molar-refractivity contribution in [2.75, 3.05) is 60.1 Å². The number of nitrogens with zero attached hydrogens (tertiary/aromatic N) is 2. The molecule has 1 N–H and O–H groups in total. The van der Waals surface area contributed by atoms with Crippen LogP contribution in [0.3, 0.4) is 0 Å². The van der Waals surface area contributed by atoms with E-state index in [0.29, 0.717) is 114 Å². The lowest BCUT2D eigenvalue weighted by molar-refractivity contribution is -0.175. The van der Waals surface area contributed by atoms with E-state index < -0.39 is 41.7 Å². The first-order valence-electron chi connectivity index (χ1n) is 29.3. The van der Waals surface area contributed by atoms with Crippen molar-refractivity contribution < 1.29 is 64.8 Å². The summed E-state index contributed by atoms with van der Waals surface area (Å²) in [5, 5.41) is 11.4. The van der Waals surface area contributed by atoms with E-state index in [1.54, 1.807) is 55.5 Å². The highest BCUT2D eigenvalue weighted by molar-refractivity contribution is 6.31. The van der Waals surface area contributed by atoms with Crippen molar-refractivity contribution in [2.45, 2.75) is 108 Å². The molecular formula is C68H76Cl4F6N2O8. The van der Waals surface area contributed by atoms with Crippen LogP contribution in [0, 0.1) is 11.8 Å². The minimum atomic E-state index is -4.92. The van der Waals surface area contributed by atoms with Crippen LogP contribution in [0.2, 0.25) is 20.1 Å². The molecule has 6 rings (SSSR count). The maximum Gasteiger partial charge on any atom is 0.450 e. The van der Waals surface area contributed by atoms with E-state index in [0.717, 1.165) is 35.3 Å². The van der Waals surface area contributed by atoms with E-state index in [4.69, 9.17) is 65.7 Å². The van der Waals surface area contributed by atoms with Crippen molar-refractivity contribution in [2.24, 2.45) is 11.8 Å². The third-order valence-corrected chi connectivity index (χ3v) is 15.9. The van der Waals surface area contributed by atoms with Crippen LogP contribution < -0.4 is 9.47 Å². The second kappa shape index (κ2) is 37.1. The number of ketones is 2. The SMILES string of the molecule is CCOC(=O)CCCCCC(Cc1ccc(OCCN(C)CC(c2ccc(Cl)cc2)c2ccc(Cl)cc2)cc1)C(=O)C(F)(F)F.CN(CCOc1ccc(CC(CCCCCC(=O)O)C(=O)C(F)(F)F)cc1)CC(c1ccc(Cl)cc1)c1ccc(Cl)cc1. The maximum absolute atomic E-state index is 13.3. The molecule has 10 nitrogen and oxygen atoms in total. The second-order valence-electron chi connectivity index (χ2n) is 21.7. The first-order chi connectivity index (χ1) is 41.9. The third kappa shape index (κ3) is 26.5. The zero-order valence-electron chi connectivity index (χ0n) is 49.6. The van der Waals surface area contributed by atoms with Crippen molar-refractivity contribution in [1.29, 1.82) is 0 Å². The van der Waals surface area contributed by atoms with Gasteiger partial charge < -0.3 is 29.1 Å². The predicted octanol–water partition coefficient (Wildman–Crippen LogP) is 17.4. The minimum absolute atomic E-state index is 0.0178. The number of halogens is 10. The standard InChI is InChI=1S/C35H40Cl2F3NO4.C33H36Cl2F3NO4/c1-3-44-33(42)8-6-4-5-7-28(34(43)35(38,39)40)23-25-9-19-31(20-10-25)45-22-21-41(2)24-32(26-11-15-29(36)16-12-26)27-13-17-30(37)18-14-27;1-39(22-30(24-9-13-27(34)14-10-24)25-11-15-28(35)16-12-25)19-20-43-29-17-7-23(8-18-29)21-26(32(42)33(36,37)38)5-3-2-4-6-31(40)41/h9-20,28,32H,3-8,21-24H2,1-2H3;7-18,26,30H,2-6,19-22H2,1H3,(H,40,41). The van der Waals surface area contributed by atoms with E-state index in [2.05, 4.69) is 9.80 Å². The van der Waals surface area contributed by atoms with Crippen molar-refractivity contribution in [3.63, 3.8) is 0 Å². The fourth-order valence-electron chi connectivity index (χ4n) is 10.1. The molecule has 0 aromatic heterocycles. The molecule has 6 aromatic carbocycles. The summed E-state index contributed by atoms with van der Waals surface area (Å²) in [4.78, 5) is 50.6. The number of carboxylic acids is 1. The lowest BCUT2D eigenvalue weighted by Crippen LogP contribution is -2.31. The Labute approximate surface area is 532 Å². The first kappa shape index (κ1) is 72.6. The lowest BCUT2D eigenvalue weighted by atomic mass is 9.89. The molecule has 0 saturated carbocycles. The van der Waals surface area contributed by atoms with Gasteiger partial charge in [0.2, 0.25) is 11.6 Å². The van der Waals surface area contributed by atoms with Gasteiger partial charge in [-0.2, -0.15) is 26.3 Å². The fraction of sp³-hybridized carbons (Fsp3) is 0.412. The van der Waals surface area contributed by atoms with E-state index in [9.17, 15) is 45.5 Å². The summed E-state index contributed by atoms with van der Waals surface area (Å²) < 4.78 is 96.2. The van der Waals surface area contributed by atoms with Crippen LogP contribution in [0.1, 0.15) is 116 Å². The minimum Gasteiger partial charge on any atom is -0.492 e. The number of ether oxygens (including phenoxy) is 3. The molecule has 2 atom stereocenters. The lowest BCUT2D eigenvalue weighted by Gasteiger charge is -2.25. The van der Waals surface area contributed by atoms with Crippen LogP contribution in [0.15, 0.2) is 146 Å². The van der Waals surface area contributed by atoms with Crippen LogP contribution in [0.4, 0.5) is 26.3 Å². The molecule has 0 amide bonds. The van der Waals surface area contributed by atoms with E-state index in [-0.39, 0.29) is 56.3 Å². The molecule has 88 heavy (non-hydrogen) atoms. The number of esters is 1. The van der Waals surface area contributed by atoms with E-state index in [1.807, 2.05) is 111 Å². The van der Waals surface area contributed by atoms with Gasteiger partial charge in [0, 0.05) is 82.8 Å². The highest BCUT2D eigenvalue weighted by Gasteiger charge is 2.44. The Bertz CT molecular complexity index is 2950. The van der Waals surface area contributed by atoms with Crippen molar-refractivity contribution >= 4 is 69.9 Å². The number of rotatable bonds is 35. The van der Waals surface area contributed by atoms with Crippen LogP contribution in [0.5, 0.6) is 11.5 Å². The Morgan fingerprint density at radius 1 is 0.466 bits per heavy atom. The predicted molar refractivity (Wildman–Crippen MR) is 335 cm³/mol. The quantitative estimate of drug-likeness (QED) is 0.0234. The molecule has 6 aromatic rings. The number of hydrogen-bond acceptors (Lipinski definition) is 9. The largest absolute Gasteiger partial charge is 0.492 e. The summed E-state index contributed by atoms with van der Waals surface area (Å²) in [6.45, 7) is 5.52. The topological polar surface area (TPSA) is 123 Å². The van der Waals surface area contributed by atoms with Gasteiger partial charge in [0.05, 0.1) is 6.61 Å². The fourth-order valence-corrected chi connectivity index (χ4v) is 10.6. The molecule has 0 fully saturated rings. The zero-order valence-corrected chi connectivity index (χ0v) is 52.6. The third-order valence-electron chi connectivity index (χ3n) is 14.9. The van der Waals surface area contributed by atoms with Gasteiger partial charge in [-0.05, 0) is 166 Å². The van der Waals surface area contributed by atoms with E-state index >= 15 is 0 Å². The smallest absolute Gasteiger partial charge is 0.450 e. The summed E-state index contributed by atoms with van der Waals surface area (Å²) in [7, 11) is 4.02. The Morgan fingerprint density at radius 3 is 1.08 bits per heavy atom. The van der Waals surface area contributed by atoms with Gasteiger partial charge in [-0.25, -0.2) is 0 Å².